The summed E-state index contributed by atoms with van der Waals surface area (Å²) in [7, 11) is 1.59. The van der Waals surface area contributed by atoms with Gasteiger partial charge in [0.2, 0.25) is 5.91 Å². The van der Waals surface area contributed by atoms with E-state index in [4.69, 9.17) is 4.74 Å². The van der Waals surface area contributed by atoms with Crippen molar-refractivity contribution >= 4 is 23.3 Å². The maximum absolute atomic E-state index is 12.8. The fourth-order valence-electron chi connectivity index (χ4n) is 3.32. The molecular weight excluding hydrogens is 342 g/mol. The Kier molecular flexibility index (Phi) is 5.64. The van der Waals surface area contributed by atoms with Crippen molar-refractivity contribution in [1.29, 1.82) is 0 Å². The number of amides is 3. The van der Waals surface area contributed by atoms with Crippen molar-refractivity contribution in [2.45, 2.75) is 32.7 Å². The number of hydrogen-bond acceptors (Lipinski definition) is 3. The second kappa shape index (κ2) is 8.12. The van der Waals surface area contributed by atoms with Gasteiger partial charge in [0.1, 0.15) is 11.8 Å². The van der Waals surface area contributed by atoms with Gasteiger partial charge in [0.15, 0.2) is 0 Å². The first-order valence-electron chi connectivity index (χ1n) is 9.07. The van der Waals surface area contributed by atoms with Crippen molar-refractivity contribution in [1.82, 2.24) is 4.90 Å². The van der Waals surface area contributed by atoms with E-state index in [0.717, 1.165) is 29.0 Å². The quantitative estimate of drug-likeness (QED) is 0.860. The van der Waals surface area contributed by atoms with Crippen LogP contribution in [0.4, 0.5) is 16.2 Å². The number of benzene rings is 2. The third kappa shape index (κ3) is 4.39. The Labute approximate surface area is 159 Å². The lowest BCUT2D eigenvalue weighted by atomic mass is 10.1. The number of nitrogens with zero attached hydrogens (tertiary/aromatic N) is 1. The molecule has 0 spiro atoms. The molecule has 6 heteroatoms. The topological polar surface area (TPSA) is 70.7 Å². The first-order valence-corrected chi connectivity index (χ1v) is 9.07. The number of rotatable bonds is 4. The summed E-state index contributed by atoms with van der Waals surface area (Å²) in [5.41, 5.74) is 3.61. The number of urea groups is 1. The zero-order valence-electron chi connectivity index (χ0n) is 15.9. The van der Waals surface area contributed by atoms with Crippen LogP contribution in [0.5, 0.6) is 5.75 Å². The average Bonchev–Trinajstić information content (AvgIpc) is 3.15. The van der Waals surface area contributed by atoms with Crippen LogP contribution in [0.15, 0.2) is 42.5 Å². The van der Waals surface area contributed by atoms with Crippen LogP contribution in [-0.4, -0.2) is 36.5 Å². The zero-order valence-corrected chi connectivity index (χ0v) is 15.9. The van der Waals surface area contributed by atoms with Crippen LogP contribution in [0.1, 0.15) is 24.0 Å². The number of likely N-dealkylation sites (tertiary alicyclic amines) is 1. The minimum atomic E-state index is -0.469. The average molecular weight is 367 g/mol. The molecule has 1 fully saturated rings. The molecule has 0 aromatic heterocycles. The Morgan fingerprint density at radius 2 is 1.81 bits per heavy atom. The van der Waals surface area contributed by atoms with Gasteiger partial charge in [-0.1, -0.05) is 17.7 Å². The second-order valence-corrected chi connectivity index (χ2v) is 6.82. The van der Waals surface area contributed by atoms with Crippen LogP contribution < -0.4 is 15.4 Å². The van der Waals surface area contributed by atoms with Crippen LogP contribution in [0, 0.1) is 13.8 Å². The van der Waals surface area contributed by atoms with Gasteiger partial charge in [0, 0.05) is 17.9 Å². The molecule has 3 amide bonds. The molecule has 2 N–H and O–H groups in total. The lowest BCUT2D eigenvalue weighted by molar-refractivity contribution is -0.119. The smallest absolute Gasteiger partial charge is 0.322 e. The van der Waals surface area contributed by atoms with Gasteiger partial charge in [-0.05, 0) is 62.6 Å². The number of carbonyl (C=O) groups excluding carboxylic acids is 2. The Bertz CT molecular complexity index is 833. The van der Waals surface area contributed by atoms with E-state index < -0.39 is 6.04 Å². The summed E-state index contributed by atoms with van der Waals surface area (Å²) in [6.45, 7) is 4.54. The van der Waals surface area contributed by atoms with Gasteiger partial charge in [-0.25, -0.2) is 4.79 Å². The summed E-state index contributed by atoms with van der Waals surface area (Å²) < 4.78 is 5.12. The normalized spacial score (nSPS) is 16.1. The van der Waals surface area contributed by atoms with Crippen molar-refractivity contribution in [3.8, 4) is 5.75 Å². The summed E-state index contributed by atoms with van der Waals surface area (Å²) in [6, 6.07) is 12.3. The van der Waals surface area contributed by atoms with E-state index in [9.17, 15) is 9.59 Å². The highest BCUT2D eigenvalue weighted by Crippen LogP contribution is 2.23. The minimum Gasteiger partial charge on any atom is -0.497 e. The molecule has 0 aliphatic carbocycles. The third-order valence-corrected chi connectivity index (χ3v) is 4.80. The van der Waals surface area contributed by atoms with Gasteiger partial charge in [-0.2, -0.15) is 0 Å². The maximum atomic E-state index is 12.8. The molecule has 0 bridgehead atoms. The first-order chi connectivity index (χ1) is 13.0. The number of aryl methyl sites for hydroxylation is 2. The van der Waals surface area contributed by atoms with Gasteiger partial charge in [0.25, 0.3) is 0 Å². The van der Waals surface area contributed by atoms with Crippen LogP contribution in [0.2, 0.25) is 0 Å². The van der Waals surface area contributed by atoms with E-state index in [-0.39, 0.29) is 11.9 Å². The van der Waals surface area contributed by atoms with E-state index in [1.165, 1.54) is 0 Å². The Morgan fingerprint density at radius 3 is 2.48 bits per heavy atom. The van der Waals surface area contributed by atoms with Gasteiger partial charge < -0.3 is 20.3 Å². The lowest BCUT2D eigenvalue weighted by Crippen LogP contribution is -2.45. The highest BCUT2D eigenvalue weighted by molar-refractivity contribution is 6.00. The molecule has 3 rings (SSSR count). The summed E-state index contributed by atoms with van der Waals surface area (Å²) in [5, 5.41) is 5.82. The van der Waals surface area contributed by atoms with Crippen molar-refractivity contribution in [3.63, 3.8) is 0 Å². The summed E-state index contributed by atoms with van der Waals surface area (Å²) in [4.78, 5) is 27.0. The molecule has 6 nitrogen and oxygen atoms in total. The van der Waals surface area contributed by atoms with Crippen LogP contribution >= 0.6 is 0 Å². The highest BCUT2D eigenvalue weighted by Gasteiger charge is 2.34. The van der Waals surface area contributed by atoms with Crippen LogP contribution in [-0.2, 0) is 4.79 Å². The molecule has 1 aliphatic heterocycles. The van der Waals surface area contributed by atoms with Crippen molar-refractivity contribution in [3.05, 3.63) is 53.6 Å². The lowest BCUT2D eigenvalue weighted by Gasteiger charge is -2.24. The molecule has 1 aliphatic rings. The number of carbonyl (C=O) groups is 2. The summed E-state index contributed by atoms with van der Waals surface area (Å²) in [6.07, 6.45) is 1.47. The summed E-state index contributed by atoms with van der Waals surface area (Å²) in [5.74, 6) is 0.573. The molecule has 1 heterocycles. The standard InChI is InChI=1S/C21H25N3O3/c1-14-6-11-18(15(2)13-14)23-20(25)19-5-4-12-24(19)21(26)22-16-7-9-17(27-3)10-8-16/h6-11,13,19H,4-5,12H2,1-3H3,(H,22,26)(H,23,25)/t19-/m1/s1. The molecule has 2 aromatic rings. The van der Waals surface area contributed by atoms with Crippen LogP contribution in [0.3, 0.4) is 0 Å². The predicted octanol–water partition coefficient (Wildman–Crippen LogP) is 3.95. The van der Waals surface area contributed by atoms with Gasteiger partial charge in [0.05, 0.1) is 7.11 Å². The van der Waals surface area contributed by atoms with Gasteiger partial charge in [-0.3, -0.25) is 4.79 Å². The van der Waals surface area contributed by atoms with Crippen LogP contribution in [0.25, 0.3) is 0 Å². The monoisotopic (exact) mass is 367 g/mol. The molecule has 27 heavy (non-hydrogen) atoms. The molecule has 2 aromatic carbocycles. The number of hydrogen-bond donors (Lipinski definition) is 2. The number of methoxy groups -OCH3 is 1. The zero-order chi connectivity index (χ0) is 19.4. The molecule has 0 radical (unpaired) electrons. The third-order valence-electron chi connectivity index (χ3n) is 4.80. The van der Waals surface area contributed by atoms with Crippen molar-refractivity contribution < 1.29 is 14.3 Å². The molecule has 142 valence electrons. The minimum absolute atomic E-state index is 0.149. The molecular formula is C21H25N3O3. The van der Waals surface area contributed by atoms with E-state index in [2.05, 4.69) is 10.6 Å². The summed E-state index contributed by atoms with van der Waals surface area (Å²) >= 11 is 0. The second-order valence-electron chi connectivity index (χ2n) is 6.82. The molecule has 1 saturated heterocycles. The molecule has 1 atom stereocenters. The predicted molar refractivity (Wildman–Crippen MR) is 106 cm³/mol. The Morgan fingerprint density at radius 1 is 1.07 bits per heavy atom. The Balaban J connectivity index is 1.66. The largest absolute Gasteiger partial charge is 0.497 e. The van der Waals surface area contributed by atoms with Gasteiger partial charge >= 0.3 is 6.03 Å². The van der Waals surface area contributed by atoms with Crippen molar-refractivity contribution in [2.24, 2.45) is 0 Å². The van der Waals surface area contributed by atoms with E-state index in [0.29, 0.717) is 18.7 Å². The maximum Gasteiger partial charge on any atom is 0.322 e. The number of nitrogens with one attached hydrogen (secondary N) is 2. The van der Waals surface area contributed by atoms with Crippen molar-refractivity contribution in [2.75, 3.05) is 24.3 Å². The first kappa shape index (κ1) is 18.8. The fraction of sp³-hybridized carbons (Fsp3) is 0.333. The number of anilines is 2. The number of ether oxygens (including phenoxy) is 1. The Hall–Kier alpha value is -3.02. The van der Waals surface area contributed by atoms with Gasteiger partial charge in [-0.15, -0.1) is 0 Å². The fourth-order valence-corrected chi connectivity index (χ4v) is 3.32. The molecule has 0 unspecified atom stereocenters. The van der Waals surface area contributed by atoms with E-state index >= 15 is 0 Å². The highest BCUT2D eigenvalue weighted by atomic mass is 16.5. The molecule has 0 saturated carbocycles. The SMILES string of the molecule is COc1ccc(NC(=O)N2CCC[C@@H]2C(=O)Nc2ccc(C)cc2C)cc1. The van der Waals surface area contributed by atoms with E-state index in [1.807, 2.05) is 32.0 Å². The van der Waals surface area contributed by atoms with E-state index in [1.54, 1.807) is 36.3 Å².